The van der Waals surface area contributed by atoms with Crippen LogP contribution in [-0.2, 0) is 6.42 Å². The highest BCUT2D eigenvalue weighted by Crippen LogP contribution is 2.39. The largest absolute Gasteiger partial charge is 0.478 e. The van der Waals surface area contributed by atoms with Crippen LogP contribution in [0.25, 0.3) is 22.6 Å². The maximum Gasteiger partial charge on any atom is 0.336 e. The normalized spacial score (nSPS) is 16.2. The van der Waals surface area contributed by atoms with Crippen LogP contribution in [0, 0.1) is 0 Å². The van der Waals surface area contributed by atoms with E-state index < -0.39 is 5.97 Å². The first-order chi connectivity index (χ1) is 12.7. The number of allylic oxidation sites excluding steroid dienone is 1. The highest BCUT2D eigenvalue weighted by Gasteiger charge is 2.26. The van der Waals surface area contributed by atoms with Gasteiger partial charge in [0, 0.05) is 5.39 Å². The van der Waals surface area contributed by atoms with Gasteiger partial charge in [-0.05, 0) is 53.8 Å². The molecule has 0 amide bonds. The first-order valence-corrected chi connectivity index (χ1v) is 8.46. The molecule has 0 spiro atoms. The Morgan fingerprint density at radius 3 is 2.81 bits per heavy atom. The van der Waals surface area contributed by atoms with Crippen molar-refractivity contribution in [2.24, 2.45) is 0 Å². The fraction of sp³-hybridized carbons (Fsp3) is 0.143. The predicted octanol–water partition coefficient (Wildman–Crippen LogP) is 4.15. The highest BCUT2D eigenvalue weighted by atomic mass is 16.7. The first-order valence-electron chi connectivity index (χ1n) is 8.46. The molecular weight excluding hydrogens is 330 g/mol. The van der Waals surface area contributed by atoms with E-state index in [9.17, 15) is 9.90 Å². The summed E-state index contributed by atoms with van der Waals surface area (Å²) >= 11 is 0. The second-order valence-electron chi connectivity index (χ2n) is 6.42. The molecule has 1 aliphatic carbocycles. The van der Waals surface area contributed by atoms with Crippen LogP contribution in [0.2, 0.25) is 0 Å². The molecule has 3 aromatic rings. The number of fused-ring (bicyclic) bond motifs is 3. The zero-order chi connectivity index (χ0) is 17.7. The fourth-order valence-corrected chi connectivity index (χ4v) is 3.73. The molecule has 5 nitrogen and oxygen atoms in total. The smallest absolute Gasteiger partial charge is 0.336 e. The summed E-state index contributed by atoms with van der Waals surface area (Å²) in [5.41, 5.74) is 4.74. The van der Waals surface area contributed by atoms with Crippen LogP contribution in [0.15, 0.2) is 42.5 Å². The van der Waals surface area contributed by atoms with Crippen molar-refractivity contribution in [3.63, 3.8) is 0 Å². The molecule has 0 saturated heterocycles. The molecule has 5 heteroatoms. The van der Waals surface area contributed by atoms with Gasteiger partial charge in [0.15, 0.2) is 11.5 Å². The van der Waals surface area contributed by atoms with Crippen molar-refractivity contribution in [1.29, 1.82) is 0 Å². The Hall–Kier alpha value is -3.34. The summed E-state index contributed by atoms with van der Waals surface area (Å²) < 4.78 is 10.8. The van der Waals surface area contributed by atoms with Crippen molar-refractivity contribution in [2.75, 3.05) is 6.79 Å². The Labute approximate surface area is 149 Å². The Kier molecular flexibility index (Phi) is 3.22. The number of aromatic nitrogens is 1. The second kappa shape index (κ2) is 5.59. The van der Waals surface area contributed by atoms with Gasteiger partial charge in [0.1, 0.15) is 0 Å². The predicted molar refractivity (Wildman–Crippen MR) is 97.5 cm³/mol. The van der Waals surface area contributed by atoms with Crippen LogP contribution in [0.4, 0.5) is 0 Å². The van der Waals surface area contributed by atoms with E-state index in [0.29, 0.717) is 22.9 Å². The average Bonchev–Trinajstić information content (AvgIpc) is 3.26. The molecule has 0 bridgehead atoms. The SMILES string of the molecule is O=C(O)c1c2c(nc3ccccc13)/C(=C\c1ccc3c(c1)OCO3)CC2. The van der Waals surface area contributed by atoms with E-state index in [-0.39, 0.29) is 6.79 Å². The number of rotatable bonds is 2. The van der Waals surface area contributed by atoms with Gasteiger partial charge in [-0.3, -0.25) is 0 Å². The lowest BCUT2D eigenvalue weighted by atomic mass is 10.0. The van der Waals surface area contributed by atoms with Gasteiger partial charge in [0.2, 0.25) is 6.79 Å². The van der Waals surface area contributed by atoms with E-state index in [1.54, 1.807) is 0 Å². The van der Waals surface area contributed by atoms with Crippen LogP contribution in [0.3, 0.4) is 0 Å². The molecule has 128 valence electrons. The number of ether oxygens (including phenoxy) is 2. The molecule has 0 fully saturated rings. The van der Waals surface area contributed by atoms with Gasteiger partial charge in [-0.25, -0.2) is 9.78 Å². The van der Waals surface area contributed by atoms with Crippen molar-refractivity contribution in [1.82, 2.24) is 4.98 Å². The third kappa shape index (κ3) is 2.24. The van der Waals surface area contributed by atoms with Crippen molar-refractivity contribution in [3.8, 4) is 11.5 Å². The van der Waals surface area contributed by atoms with E-state index >= 15 is 0 Å². The summed E-state index contributed by atoms with van der Waals surface area (Å²) in [5.74, 6) is 0.579. The number of carbonyl (C=O) groups is 1. The van der Waals surface area contributed by atoms with E-state index in [2.05, 4.69) is 6.08 Å². The lowest BCUT2D eigenvalue weighted by Crippen LogP contribution is -2.05. The standard InChI is InChI=1S/C21H15NO4/c23-21(24)19-14-3-1-2-4-16(14)22-20-13(6-7-15(19)20)9-12-5-8-17-18(10-12)26-11-25-17/h1-5,8-10H,6-7,11H2,(H,23,24)/b13-9-. The third-order valence-electron chi connectivity index (χ3n) is 4.89. The van der Waals surface area contributed by atoms with Crippen LogP contribution >= 0.6 is 0 Å². The molecule has 1 N–H and O–H groups in total. The summed E-state index contributed by atoms with van der Waals surface area (Å²) in [7, 11) is 0. The number of nitrogens with zero attached hydrogens (tertiary/aromatic N) is 1. The molecule has 0 radical (unpaired) electrons. The minimum absolute atomic E-state index is 0.244. The fourth-order valence-electron chi connectivity index (χ4n) is 3.73. The maximum atomic E-state index is 11.9. The monoisotopic (exact) mass is 345 g/mol. The van der Waals surface area contributed by atoms with Gasteiger partial charge in [-0.1, -0.05) is 24.3 Å². The molecule has 1 aliphatic heterocycles. The number of para-hydroxylation sites is 1. The highest BCUT2D eigenvalue weighted by molar-refractivity contribution is 6.06. The zero-order valence-electron chi connectivity index (χ0n) is 13.9. The van der Waals surface area contributed by atoms with E-state index in [1.807, 2.05) is 42.5 Å². The average molecular weight is 345 g/mol. The Bertz CT molecular complexity index is 1100. The minimum atomic E-state index is -0.899. The van der Waals surface area contributed by atoms with Crippen molar-refractivity contribution in [2.45, 2.75) is 12.8 Å². The lowest BCUT2D eigenvalue weighted by Gasteiger charge is -2.09. The summed E-state index contributed by atoms with van der Waals surface area (Å²) in [4.78, 5) is 16.7. The van der Waals surface area contributed by atoms with Gasteiger partial charge >= 0.3 is 5.97 Å². The van der Waals surface area contributed by atoms with E-state index in [0.717, 1.165) is 40.3 Å². The lowest BCUT2D eigenvalue weighted by molar-refractivity contribution is 0.0698. The molecule has 5 rings (SSSR count). The molecule has 26 heavy (non-hydrogen) atoms. The molecule has 2 aromatic carbocycles. The second-order valence-corrected chi connectivity index (χ2v) is 6.42. The number of aromatic carboxylic acids is 1. The molecule has 2 heterocycles. The summed E-state index contributed by atoms with van der Waals surface area (Å²) in [6.07, 6.45) is 3.51. The maximum absolute atomic E-state index is 11.9. The minimum Gasteiger partial charge on any atom is -0.478 e. The summed E-state index contributed by atoms with van der Waals surface area (Å²) in [6.45, 7) is 0.244. The van der Waals surface area contributed by atoms with Crippen molar-refractivity contribution < 1.29 is 19.4 Å². The number of hydrogen-bond donors (Lipinski definition) is 1. The third-order valence-corrected chi connectivity index (χ3v) is 4.89. The van der Waals surface area contributed by atoms with Gasteiger partial charge in [-0.15, -0.1) is 0 Å². The van der Waals surface area contributed by atoms with E-state index in [4.69, 9.17) is 14.5 Å². The first kappa shape index (κ1) is 15.0. The van der Waals surface area contributed by atoms with Crippen LogP contribution in [0.5, 0.6) is 11.5 Å². The molecular formula is C21H15NO4. The van der Waals surface area contributed by atoms with Crippen LogP contribution in [-0.4, -0.2) is 22.9 Å². The molecule has 1 aromatic heterocycles. The summed E-state index contributed by atoms with van der Waals surface area (Å²) in [5, 5.41) is 10.4. The Balaban J connectivity index is 1.67. The van der Waals surface area contributed by atoms with Gasteiger partial charge in [-0.2, -0.15) is 0 Å². The molecule has 0 atom stereocenters. The van der Waals surface area contributed by atoms with Gasteiger partial charge in [0.25, 0.3) is 0 Å². The molecule has 0 saturated carbocycles. The number of carboxylic acids is 1. The van der Waals surface area contributed by atoms with Gasteiger partial charge < -0.3 is 14.6 Å². The summed E-state index contributed by atoms with van der Waals surface area (Å²) in [6, 6.07) is 13.2. The quantitative estimate of drug-likeness (QED) is 0.756. The van der Waals surface area contributed by atoms with Crippen LogP contribution < -0.4 is 9.47 Å². The number of carboxylic acid groups (broad SMARTS) is 1. The number of benzene rings is 2. The van der Waals surface area contributed by atoms with Crippen molar-refractivity contribution >= 4 is 28.5 Å². The topological polar surface area (TPSA) is 68.7 Å². The number of hydrogen-bond acceptors (Lipinski definition) is 4. The number of pyridine rings is 1. The van der Waals surface area contributed by atoms with E-state index in [1.165, 1.54) is 0 Å². The van der Waals surface area contributed by atoms with Gasteiger partial charge in [0.05, 0.1) is 16.8 Å². The van der Waals surface area contributed by atoms with Crippen LogP contribution in [0.1, 0.15) is 33.6 Å². The molecule has 0 unspecified atom stereocenters. The molecule has 2 aliphatic rings. The zero-order valence-corrected chi connectivity index (χ0v) is 13.9. The Morgan fingerprint density at radius 1 is 1.08 bits per heavy atom. The Morgan fingerprint density at radius 2 is 1.92 bits per heavy atom. The van der Waals surface area contributed by atoms with Crippen molar-refractivity contribution in [3.05, 3.63) is 64.8 Å².